The maximum absolute atomic E-state index is 7.67. The van der Waals surface area contributed by atoms with E-state index in [2.05, 4.69) is 95.0 Å². The van der Waals surface area contributed by atoms with Crippen molar-refractivity contribution in [2.24, 2.45) is 5.73 Å². The maximum Gasteiger partial charge on any atom is 0.122 e. The number of nitrogen functional groups attached to an aromatic ring is 1. The second-order valence-electron chi connectivity index (χ2n) is 9.89. The summed E-state index contributed by atoms with van der Waals surface area (Å²) in [6.45, 7) is 13.4. The topological polar surface area (TPSA) is 53.1 Å². The highest BCUT2D eigenvalue weighted by atomic mass is 15.1. The molecule has 0 spiro atoms. The molecule has 0 unspecified atom stereocenters. The lowest BCUT2D eigenvalue weighted by molar-refractivity contribution is 0.590. The van der Waals surface area contributed by atoms with Crippen LogP contribution in [0.15, 0.2) is 72.8 Å². The van der Waals surface area contributed by atoms with E-state index in [9.17, 15) is 0 Å². The quantitative estimate of drug-likeness (QED) is 0.365. The van der Waals surface area contributed by atoms with Gasteiger partial charge >= 0.3 is 0 Å². The SMILES string of the molecule is CC(C)(C)c1ccc(N(c2ccc(C(=N)N)cc2)c2ccc(C(C)(C)C)cc2)cc1. The van der Waals surface area contributed by atoms with Gasteiger partial charge in [-0.15, -0.1) is 0 Å². The predicted octanol–water partition coefficient (Wildman–Crippen LogP) is 7.04. The van der Waals surface area contributed by atoms with Crippen LogP contribution >= 0.6 is 0 Å². The van der Waals surface area contributed by atoms with Crippen LogP contribution in [-0.4, -0.2) is 5.84 Å². The monoisotopic (exact) mass is 399 g/mol. The Labute approximate surface area is 181 Å². The third-order valence-corrected chi connectivity index (χ3v) is 5.42. The van der Waals surface area contributed by atoms with Gasteiger partial charge in [-0.3, -0.25) is 5.41 Å². The summed E-state index contributed by atoms with van der Waals surface area (Å²) in [7, 11) is 0. The molecule has 0 aliphatic carbocycles. The number of nitrogens with zero attached hydrogens (tertiary/aromatic N) is 1. The van der Waals surface area contributed by atoms with E-state index in [1.165, 1.54) is 11.1 Å². The van der Waals surface area contributed by atoms with Crippen LogP contribution in [0, 0.1) is 5.41 Å². The Morgan fingerprint density at radius 1 is 0.600 bits per heavy atom. The van der Waals surface area contributed by atoms with Crippen LogP contribution in [0.4, 0.5) is 17.1 Å². The van der Waals surface area contributed by atoms with Crippen molar-refractivity contribution in [3.63, 3.8) is 0 Å². The Kier molecular flexibility index (Phi) is 5.76. The second kappa shape index (κ2) is 7.98. The molecule has 3 aromatic rings. The number of amidine groups is 1. The first kappa shape index (κ1) is 21.6. The minimum Gasteiger partial charge on any atom is -0.384 e. The lowest BCUT2D eigenvalue weighted by atomic mass is 9.86. The van der Waals surface area contributed by atoms with E-state index < -0.39 is 0 Å². The van der Waals surface area contributed by atoms with Gasteiger partial charge in [0.05, 0.1) is 0 Å². The minimum atomic E-state index is 0.0807. The summed E-state index contributed by atoms with van der Waals surface area (Å²) in [5.41, 5.74) is 12.4. The molecule has 3 N–H and O–H groups in total. The zero-order valence-electron chi connectivity index (χ0n) is 19.0. The Morgan fingerprint density at radius 3 is 1.17 bits per heavy atom. The van der Waals surface area contributed by atoms with E-state index in [1.807, 2.05) is 24.3 Å². The summed E-state index contributed by atoms with van der Waals surface area (Å²) in [6.07, 6.45) is 0. The molecule has 0 heterocycles. The van der Waals surface area contributed by atoms with Gasteiger partial charge in [0.25, 0.3) is 0 Å². The molecular weight excluding hydrogens is 366 g/mol. The predicted molar refractivity (Wildman–Crippen MR) is 130 cm³/mol. The summed E-state index contributed by atoms with van der Waals surface area (Å²) < 4.78 is 0. The van der Waals surface area contributed by atoms with Crippen molar-refractivity contribution in [2.75, 3.05) is 4.90 Å². The fourth-order valence-corrected chi connectivity index (χ4v) is 3.46. The lowest BCUT2D eigenvalue weighted by Crippen LogP contribution is -2.15. The van der Waals surface area contributed by atoms with Gasteiger partial charge in [-0.2, -0.15) is 0 Å². The molecule has 0 aliphatic heterocycles. The van der Waals surface area contributed by atoms with Crippen LogP contribution in [0.1, 0.15) is 58.2 Å². The lowest BCUT2D eigenvalue weighted by Gasteiger charge is -2.28. The highest BCUT2D eigenvalue weighted by Crippen LogP contribution is 2.36. The summed E-state index contributed by atoms with van der Waals surface area (Å²) in [5.74, 6) is 0.0807. The van der Waals surface area contributed by atoms with Gasteiger partial charge in [0.1, 0.15) is 5.84 Å². The average molecular weight is 400 g/mol. The molecule has 3 rings (SSSR count). The van der Waals surface area contributed by atoms with Crippen molar-refractivity contribution in [1.82, 2.24) is 0 Å². The van der Waals surface area contributed by atoms with Crippen LogP contribution in [0.2, 0.25) is 0 Å². The minimum absolute atomic E-state index is 0.0807. The normalized spacial score (nSPS) is 11.9. The molecule has 3 nitrogen and oxygen atoms in total. The third kappa shape index (κ3) is 4.73. The van der Waals surface area contributed by atoms with E-state index in [1.54, 1.807) is 0 Å². The van der Waals surface area contributed by atoms with Gasteiger partial charge in [-0.1, -0.05) is 65.8 Å². The fraction of sp³-hybridized carbons (Fsp3) is 0.296. The van der Waals surface area contributed by atoms with Crippen molar-refractivity contribution in [3.8, 4) is 0 Å². The van der Waals surface area contributed by atoms with Crippen LogP contribution in [0.3, 0.4) is 0 Å². The van der Waals surface area contributed by atoms with E-state index in [0.717, 1.165) is 22.6 Å². The Balaban J connectivity index is 2.08. The van der Waals surface area contributed by atoms with Crippen LogP contribution < -0.4 is 10.6 Å². The molecule has 0 saturated heterocycles. The molecule has 0 saturated carbocycles. The molecule has 3 heteroatoms. The largest absolute Gasteiger partial charge is 0.384 e. The van der Waals surface area contributed by atoms with Gasteiger partial charge in [-0.25, -0.2) is 0 Å². The first-order valence-electron chi connectivity index (χ1n) is 10.4. The molecule has 156 valence electrons. The molecule has 0 atom stereocenters. The van der Waals surface area contributed by atoms with Gasteiger partial charge in [0.2, 0.25) is 0 Å². The molecule has 0 amide bonds. The zero-order chi connectivity index (χ0) is 22.1. The first-order chi connectivity index (χ1) is 14.0. The molecule has 0 radical (unpaired) electrons. The van der Waals surface area contributed by atoms with Crippen molar-refractivity contribution in [2.45, 2.75) is 52.4 Å². The highest BCUT2D eigenvalue weighted by Gasteiger charge is 2.18. The number of benzene rings is 3. The van der Waals surface area contributed by atoms with Crippen molar-refractivity contribution < 1.29 is 0 Å². The van der Waals surface area contributed by atoms with Crippen LogP contribution in [-0.2, 0) is 10.8 Å². The number of nitrogens with two attached hydrogens (primary N) is 1. The molecule has 3 aromatic carbocycles. The summed E-state index contributed by atoms with van der Waals surface area (Å²) in [5, 5.41) is 7.67. The fourth-order valence-electron chi connectivity index (χ4n) is 3.46. The Bertz CT molecular complexity index is 943. The standard InChI is InChI=1S/C27H33N3/c1-26(2,3)20-9-15-23(16-10-20)30(22-13-7-19(8-14-22)25(28)29)24-17-11-21(12-18-24)27(4,5)6/h7-18H,1-6H3,(H3,28,29). The first-order valence-corrected chi connectivity index (χ1v) is 10.4. The third-order valence-electron chi connectivity index (χ3n) is 5.42. The summed E-state index contributed by atoms with van der Waals surface area (Å²) in [6, 6.07) is 25.4. The second-order valence-corrected chi connectivity index (χ2v) is 9.89. The Morgan fingerprint density at radius 2 is 0.900 bits per heavy atom. The highest BCUT2D eigenvalue weighted by molar-refractivity contribution is 5.95. The Hall–Kier alpha value is -3.07. The smallest absolute Gasteiger partial charge is 0.122 e. The number of hydrogen-bond donors (Lipinski definition) is 2. The number of rotatable bonds is 4. The van der Waals surface area contributed by atoms with Gasteiger partial charge in [-0.05, 0) is 70.5 Å². The van der Waals surface area contributed by atoms with Crippen molar-refractivity contribution in [3.05, 3.63) is 89.5 Å². The van der Waals surface area contributed by atoms with E-state index in [4.69, 9.17) is 11.1 Å². The van der Waals surface area contributed by atoms with Crippen LogP contribution in [0.5, 0.6) is 0 Å². The molecular formula is C27H33N3. The maximum atomic E-state index is 7.67. The van der Waals surface area contributed by atoms with E-state index in [-0.39, 0.29) is 16.7 Å². The van der Waals surface area contributed by atoms with E-state index >= 15 is 0 Å². The molecule has 30 heavy (non-hydrogen) atoms. The van der Waals surface area contributed by atoms with E-state index in [0.29, 0.717) is 0 Å². The van der Waals surface area contributed by atoms with Gasteiger partial charge in [0, 0.05) is 22.6 Å². The van der Waals surface area contributed by atoms with Crippen molar-refractivity contribution >= 4 is 22.9 Å². The zero-order valence-corrected chi connectivity index (χ0v) is 19.0. The van der Waals surface area contributed by atoms with Crippen molar-refractivity contribution in [1.29, 1.82) is 5.41 Å². The number of nitrogens with one attached hydrogen (secondary N) is 1. The summed E-state index contributed by atoms with van der Waals surface area (Å²) >= 11 is 0. The molecule has 0 bridgehead atoms. The summed E-state index contributed by atoms with van der Waals surface area (Å²) in [4.78, 5) is 2.24. The number of hydrogen-bond acceptors (Lipinski definition) is 2. The van der Waals surface area contributed by atoms with Gasteiger partial charge in [0.15, 0.2) is 0 Å². The van der Waals surface area contributed by atoms with Crippen LogP contribution in [0.25, 0.3) is 0 Å². The molecule has 0 fully saturated rings. The molecule has 0 aliphatic rings. The van der Waals surface area contributed by atoms with Gasteiger partial charge < -0.3 is 10.6 Å². The molecule has 0 aromatic heterocycles. The average Bonchev–Trinajstić information content (AvgIpc) is 2.68. The number of anilines is 3.